The number of hydrogen-bond donors (Lipinski definition) is 2. The van der Waals surface area contributed by atoms with E-state index in [1.54, 1.807) is 12.1 Å². The number of para-hydroxylation sites is 1. The van der Waals surface area contributed by atoms with Gasteiger partial charge in [-0.3, -0.25) is 9.78 Å². The van der Waals surface area contributed by atoms with E-state index in [0.717, 1.165) is 0 Å². The number of aromatic nitrogens is 1. The lowest BCUT2D eigenvalue weighted by Gasteiger charge is -2.19. The van der Waals surface area contributed by atoms with Crippen LogP contribution < -0.4 is 4.90 Å². The van der Waals surface area contributed by atoms with Gasteiger partial charge in [-0.25, -0.2) is 4.79 Å². The van der Waals surface area contributed by atoms with Crippen LogP contribution in [-0.4, -0.2) is 34.1 Å². The van der Waals surface area contributed by atoms with Crippen LogP contribution in [-0.2, 0) is 0 Å². The summed E-state index contributed by atoms with van der Waals surface area (Å²) in [5, 5.41) is 18.5. The second kappa shape index (κ2) is 5.40. The smallest absolute Gasteiger partial charge is 0.337 e. The summed E-state index contributed by atoms with van der Waals surface area (Å²) in [5.41, 5.74) is 0.470. The summed E-state index contributed by atoms with van der Waals surface area (Å²) in [6.07, 6.45) is 2.52. The summed E-state index contributed by atoms with van der Waals surface area (Å²) in [5.74, 6) is -1.70. The van der Waals surface area contributed by atoms with Crippen LogP contribution >= 0.6 is 0 Å². The van der Waals surface area contributed by atoms with Crippen LogP contribution in [0.5, 0.6) is 5.75 Å². The minimum atomic E-state index is -1.12. The Hall–Kier alpha value is -2.89. The Morgan fingerprint density at radius 2 is 1.90 bits per heavy atom. The Balaban J connectivity index is 2.39. The Morgan fingerprint density at radius 3 is 2.55 bits per heavy atom. The van der Waals surface area contributed by atoms with Gasteiger partial charge in [0.2, 0.25) is 0 Å². The minimum absolute atomic E-state index is 0.0245. The van der Waals surface area contributed by atoms with E-state index in [0.29, 0.717) is 0 Å². The highest BCUT2D eigenvalue weighted by molar-refractivity contribution is 6.09. The molecule has 0 saturated carbocycles. The number of anilines is 1. The monoisotopic (exact) mass is 272 g/mol. The molecule has 2 aromatic rings. The number of aromatic carboxylic acids is 1. The number of carboxylic acid groups (broad SMARTS) is 1. The maximum absolute atomic E-state index is 12.3. The van der Waals surface area contributed by atoms with Crippen molar-refractivity contribution in [2.45, 2.75) is 0 Å². The van der Waals surface area contributed by atoms with E-state index in [1.807, 2.05) is 0 Å². The van der Waals surface area contributed by atoms with Gasteiger partial charge in [0.1, 0.15) is 5.75 Å². The highest BCUT2D eigenvalue weighted by Crippen LogP contribution is 2.21. The summed E-state index contributed by atoms with van der Waals surface area (Å²) < 4.78 is 0. The molecule has 0 fully saturated rings. The molecule has 0 aliphatic carbocycles. The van der Waals surface area contributed by atoms with E-state index in [9.17, 15) is 14.7 Å². The van der Waals surface area contributed by atoms with Crippen molar-refractivity contribution in [3.8, 4) is 5.75 Å². The highest BCUT2D eigenvalue weighted by Gasteiger charge is 2.19. The third-order valence-electron chi connectivity index (χ3n) is 2.77. The van der Waals surface area contributed by atoms with Gasteiger partial charge < -0.3 is 15.1 Å². The Labute approximate surface area is 114 Å². The SMILES string of the molecule is CN(C(=O)c1cncc(O)c1)c1ccccc1C(=O)O. The molecule has 1 aromatic carbocycles. The van der Waals surface area contributed by atoms with Crippen LogP contribution in [0, 0.1) is 0 Å². The second-order valence-corrected chi connectivity index (χ2v) is 4.12. The molecule has 1 heterocycles. The topological polar surface area (TPSA) is 90.7 Å². The summed E-state index contributed by atoms with van der Waals surface area (Å²) in [6, 6.07) is 7.46. The molecule has 1 amide bonds. The average molecular weight is 272 g/mol. The third kappa shape index (κ3) is 2.59. The first-order chi connectivity index (χ1) is 9.50. The number of amides is 1. The van der Waals surface area contributed by atoms with Crippen molar-refractivity contribution in [1.29, 1.82) is 0 Å². The highest BCUT2D eigenvalue weighted by atomic mass is 16.4. The van der Waals surface area contributed by atoms with Crippen LogP contribution in [0.4, 0.5) is 5.69 Å². The molecule has 0 spiro atoms. The number of carboxylic acids is 1. The molecule has 0 aliphatic rings. The Morgan fingerprint density at radius 1 is 1.20 bits per heavy atom. The molecule has 2 rings (SSSR count). The number of pyridine rings is 1. The van der Waals surface area contributed by atoms with E-state index in [4.69, 9.17) is 5.11 Å². The fourth-order valence-electron chi connectivity index (χ4n) is 1.79. The van der Waals surface area contributed by atoms with Crippen molar-refractivity contribution in [2.24, 2.45) is 0 Å². The zero-order chi connectivity index (χ0) is 14.7. The van der Waals surface area contributed by atoms with Gasteiger partial charge in [-0.1, -0.05) is 12.1 Å². The van der Waals surface area contributed by atoms with Crippen molar-refractivity contribution in [3.63, 3.8) is 0 Å². The van der Waals surface area contributed by atoms with Gasteiger partial charge in [0.15, 0.2) is 0 Å². The van der Waals surface area contributed by atoms with Crippen LogP contribution in [0.25, 0.3) is 0 Å². The van der Waals surface area contributed by atoms with E-state index in [1.165, 1.54) is 42.5 Å². The quantitative estimate of drug-likeness (QED) is 0.888. The van der Waals surface area contributed by atoms with Gasteiger partial charge >= 0.3 is 5.97 Å². The lowest BCUT2D eigenvalue weighted by atomic mass is 10.1. The summed E-state index contributed by atoms with van der Waals surface area (Å²) in [7, 11) is 1.47. The van der Waals surface area contributed by atoms with Crippen molar-refractivity contribution in [3.05, 3.63) is 53.9 Å². The van der Waals surface area contributed by atoms with Crippen LogP contribution in [0.2, 0.25) is 0 Å². The molecule has 6 heteroatoms. The predicted molar refractivity (Wildman–Crippen MR) is 72.0 cm³/mol. The standard InChI is InChI=1S/C14H12N2O4/c1-16(12-5-3-2-4-11(12)14(19)20)13(18)9-6-10(17)8-15-7-9/h2-8,17H,1H3,(H,19,20). The molecule has 0 atom stereocenters. The van der Waals surface area contributed by atoms with Gasteiger partial charge in [0.05, 0.1) is 23.0 Å². The third-order valence-corrected chi connectivity index (χ3v) is 2.77. The van der Waals surface area contributed by atoms with E-state index < -0.39 is 11.9 Å². The van der Waals surface area contributed by atoms with Crippen molar-refractivity contribution >= 4 is 17.6 Å². The molecule has 2 N–H and O–H groups in total. The average Bonchev–Trinajstić information content (AvgIpc) is 2.45. The van der Waals surface area contributed by atoms with E-state index in [-0.39, 0.29) is 22.6 Å². The molecule has 0 radical (unpaired) electrons. The number of carbonyl (C=O) groups excluding carboxylic acids is 1. The zero-order valence-electron chi connectivity index (χ0n) is 10.6. The number of aromatic hydroxyl groups is 1. The lowest BCUT2D eigenvalue weighted by Crippen LogP contribution is -2.28. The lowest BCUT2D eigenvalue weighted by molar-refractivity contribution is 0.0697. The molecule has 102 valence electrons. The summed E-state index contributed by atoms with van der Waals surface area (Å²) >= 11 is 0. The number of carbonyl (C=O) groups is 2. The van der Waals surface area contributed by atoms with Crippen molar-refractivity contribution < 1.29 is 19.8 Å². The van der Waals surface area contributed by atoms with Crippen LogP contribution in [0.3, 0.4) is 0 Å². The first-order valence-corrected chi connectivity index (χ1v) is 5.75. The number of nitrogens with zero attached hydrogens (tertiary/aromatic N) is 2. The van der Waals surface area contributed by atoms with Gasteiger partial charge in [-0.2, -0.15) is 0 Å². The van der Waals surface area contributed by atoms with Crippen LogP contribution in [0.1, 0.15) is 20.7 Å². The maximum atomic E-state index is 12.3. The summed E-state index contributed by atoms with van der Waals surface area (Å²) in [4.78, 5) is 28.3. The van der Waals surface area contributed by atoms with Gasteiger partial charge in [0, 0.05) is 13.2 Å². The first-order valence-electron chi connectivity index (χ1n) is 5.75. The fourth-order valence-corrected chi connectivity index (χ4v) is 1.79. The van der Waals surface area contributed by atoms with E-state index >= 15 is 0 Å². The molecule has 0 unspecified atom stereocenters. The van der Waals surface area contributed by atoms with Crippen molar-refractivity contribution in [1.82, 2.24) is 4.98 Å². The number of rotatable bonds is 3. The van der Waals surface area contributed by atoms with Gasteiger partial charge in [-0.05, 0) is 18.2 Å². The minimum Gasteiger partial charge on any atom is -0.506 e. The Kier molecular flexibility index (Phi) is 3.65. The number of benzene rings is 1. The molecule has 6 nitrogen and oxygen atoms in total. The molecular formula is C14H12N2O4. The normalized spacial score (nSPS) is 10.1. The van der Waals surface area contributed by atoms with Crippen LogP contribution in [0.15, 0.2) is 42.7 Å². The summed E-state index contributed by atoms with van der Waals surface area (Å²) in [6.45, 7) is 0. The van der Waals surface area contributed by atoms with Gasteiger partial charge in [-0.15, -0.1) is 0 Å². The predicted octanol–water partition coefficient (Wildman–Crippen LogP) is 1.76. The fraction of sp³-hybridized carbons (Fsp3) is 0.0714. The molecular weight excluding hydrogens is 260 g/mol. The maximum Gasteiger partial charge on any atom is 0.337 e. The first kappa shape index (κ1) is 13.5. The largest absolute Gasteiger partial charge is 0.506 e. The molecule has 0 bridgehead atoms. The molecule has 1 aromatic heterocycles. The van der Waals surface area contributed by atoms with Gasteiger partial charge in [0.25, 0.3) is 5.91 Å². The van der Waals surface area contributed by atoms with E-state index in [2.05, 4.69) is 4.98 Å². The second-order valence-electron chi connectivity index (χ2n) is 4.12. The Bertz CT molecular complexity index is 670. The molecule has 0 saturated heterocycles. The molecule has 20 heavy (non-hydrogen) atoms. The number of hydrogen-bond acceptors (Lipinski definition) is 4. The van der Waals surface area contributed by atoms with Crippen molar-refractivity contribution in [2.75, 3.05) is 11.9 Å². The molecule has 0 aliphatic heterocycles. The zero-order valence-corrected chi connectivity index (χ0v) is 10.6.